The highest BCUT2D eigenvalue weighted by molar-refractivity contribution is 6.22. The maximum absolute atomic E-state index is 12.7. The molecule has 5 heteroatoms. The van der Waals surface area contributed by atoms with Crippen LogP contribution >= 0.6 is 0 Å². The normalized spacial score (nSPS) is 22.2. The summed E-state index contributed by atoms with van der Waals surface area (Å²) in [5, 5.41) is 2.83. The highest BCUT2D eigenvalue weighted by Crippen LogP contribution is 2.40. The minimum atomic E-state index is -0.226. The minimum absolute atomic E-state index is 0.105. The largest absolute Gasteiger partial charge is 0.322 e. The van der Waals surface area contributed by atoms with Gasteiger partial charge in [-0.3, -0.25) is 14.4 Å². The predicted molar refractivity (Wildman–Crippen MR) is 98.8 cm³/mol. The van der Waals surface area contributed by atoms with Crippen molar-refractivity contribution in [1.29, 1.82) is 0 Å². The summed E-state index contributed by atoms with van der Waals surface area (Å²) in [6, 6.07) is 15.8. The fourth-order valence-electron chi connectivity index (χ4n) is 3.93. The zero-order valence-electron chi connectivity index (χ0n) is 14.4. The third kappa shape index (κ3) is 2.90. The summed E-state index contributed by atoms with van der Waals surface area (Å²) in [6.45, 7) is 0. The number of nitrogens with zero attached hydrogens (tertiary/aromatic N) is 1. The van der Waals surface area contributed by atoms with Crippen LogP contribution in [0.15, 0.2) is 54.6 Å². The fraction of sp³-hybridized carbons (Fsp3) is 0.286. The van der Waals surface area contributed by atoms with E-state index in [2.05, 4.69) is 5.32 Å². The molecule has 1 saturated heterocycles. The van der Waals surface area contributed by atoms with Crippen LogP contribution in [-0.2, 0) is 9.59 Å². The van der Waals surface area contributed by atoms with Crippen molar-refractivity contribution < 1.29 is 14.4 Å². The number of rotatable bonds is 3. The van der Waals surface area contributed by atoms with E-state index in [1.165, 1.54) is 4.90 Å². The van der Waals surface area contributed by atoms with Crippen LogP contribution < -0.4 is 10.2 Å². The first-order chi connectivity index (χ1) is 12.6. The Morgan fingerprint density at radius 1 is 0.885 bits per heavy atom. The molecule has 0 spiro atoms. The number of amides is 3. The van der Waals surface area contributed by atoms with Gasteiger partial charge in [-0.15, -0.1) is 0 Å². The van der Waals surface area contributed by atoms with E-state index < -0.39 is 0 Å². The standard InChI is InChI=1S/C21H20N2O3/c24-19(14-7-2-1-3-8-14)22-15-9-6-10-16(13-15)23-20(25)17-11-4-5-12-18(17)21(23)26/h1-3,6-10,13,17-18H,4-5,11-12H2,(H,22,24). The maximum atomic E-state index is 12.7. The molecule has 1 saturated carbocycles. The Bertz CT molecular complexity index is 839. The monoisotopic (exact) mass is 348 g/mol. The zero-order valence-corrected chi connectivity index (χ0v) is 14.4. The van der Waals surface area contributed by atoms with E-state index in [0.717, 1.165) is 25.7 Å². The van der Waals surface area contributed by atoms with Gasteiger partial charge >= 0.3 is 0 Å². The molecule has 5 nitrogen and oxygen atoms in total. The first-order valence-corrected chi connectivity index (χ1v) is 8.99. The van der Waals surface area contributed by atoms with Gasteiger partial charge in [-0.25, -0.2) is 4.90 Å². The molecule has 1 aliphatic carbocycles. The Morgan fingerprint density at radius 2 is 1.54 bits per heavy atom. The van der Waals surface area contributed by atoms with Crippen LogP contribution in [0.3, 0.4) is 0 Å². The van der Waals surface area contributed by atoms with Crippen molar-refractivity contribution in [3.05, 3.63) is 60.2 Å². The molecule has 2 aliphatic rings. The van der Waals surface area contributed by atoms with E-state index >= 15 is 0 Å². The van der Waals surface area contributed by atoms with Gasteiger partial charge in [0.15, 0.2) is 0 Å². The van der Waals surface area contributed by atoms with Crippen LogP contribution in [0.25, 0.3) is 0 Å². The number of hydrogen-bond donors (Lipinski definition) is 1. The number of imide groups is 1. The van der Waals surface area contributed by atoms with E-state index in [4.69, 9.17) is 0 Å². The molecule has 0 aromatic heterocycles. The van der Waals surface area contributed by atoms with Gasteiger partial charge < -0.3 is 5.32 Å². The second kappa shape index (κ2) is 6.75. The topological polar surface area (TPSA) is 66.5 Å². The number of fused-ring (bicyclic) bond motifs is 1. The summed E-state index contributed by atoms with van der Waals surface area (Å²) >= 11 is 0. The molecule has 2 fully saturated rings. The average molecular weight is 348 g/mol. The first-order valence-electron chi connectivity index (χ1n) is 8.99. The number of anilines is 2. The van der Waals surface area contributed by atoms with Crippen LogP contribution in [0, 0.1) is 11.8 Å². The molecule has 4 rings (SSSR count). The number of benzene rings is 2. The van der Waals surface area contributed by atoms with Gasteiger partial charge in [0.1, 0.15) is 0 Å². The zero-order chi connectivity index (χ0) is 18.1. The third-order valence-corrected chi connectivity index (χ3v) is 5.24. The lowest BCUT2D eigenvalue weighted by Crippen LogP contribution is -2.30. The Hall–Kier alpha value is -2.95. The van der Waals surface area contributed by atoms with Crippen LogP contribution in [0.4, 0.5) is 11.4 Å². The number of carbonyl (C=O) groups is 3. The lowest BCUT2D eigenvalue weighted by atomic mass is 9.81. The highest BCUT2D eigenvalue weighted by Gasteiger charge is 2.48. The third-order valence-electron chi connectivity index (χ3n) is 5.24. The van der Waals surface area contributed by atoms with E-state index in [1.807, 2.05) is 6.07 Å². The molecule has 1 heterocycles. The second-order valence-electron chi connectivity index (χ2n) is 6.88. The molecule has 26 heavy (non-hydrogen) atoms. The lowest BCUT2D eigenvalue weighted by molar-refractivity contribution is -0.122. The molecular weight excluding hydrogens is 328 g/mol. The van der Waals surface area contributed by atoms with Gasteiger partial charge in [0.25, 0.3) is 5.91 Å². The summed E-state index contributed by atoms with van der Waals surface area (Å²) < 4.78 is 0. The van der Waals surface area contributed by atoms with Crippen molar-refractivity contribution >= 4 is 29.1 Å². The predicted octanol–water partition coefficient (Wildman–Crippen LogP) is 3.62. The first kappa shape index (κ1) is 16.5. The summed E-state index contributed by atoms with van der Waals surface area (Å²) in [5.41, 5.74) is 1.64. The number of nitrogens with one attached hydrogen (secondary N) is 1. The van der Waals surface area contributed by atoms with Gasteiger partial charge in [-0.1, -0.05) is 37.1 Å². The molecule has 2 aromatic rings. The summed E-state index contributed by atoms with van der Waals surface area (Å²) in [7, 11) is 0. The van der Waals surface area contributed by atoms with Gasteiger partial charge in [0, 0.05) is 11.3 Å². The van der Waals surface area contributed by atoms with Crippen LogP contribution in [0.1, 0.15) is 36.0 Å². The van der Waals surface area contributed by atoms with Crippen LogP contribution in [0.2, 0.25) is 0 Å². The lowest BCUT2D eigenvalue weighted by Gasteiger charge is -2.19. The van der Waals surface area contributed by atoms with Gasteiger partial charge in [0.05, 0.1) is 17.5 Å². The van der Waals surface area contributed by atoms with Crippen molar-refractivity contribution in [2.24, 2.45) is 11.8 Å². The second-order valence-corrected chi connectivity index (χ2v) is 6.88. The average Bonchev–Trinajstić information content (AvgIpc) is 2.94. The number of carbonyl (C=O) groups excluding carboxylic acids is 3. The van der Waals surface area contributed by atoms with Gasteiger partial charge in [-0.05, 0) is 43.2 Å². The van der Waals surface area contributed by atoms with Gasteiger partial charge in [0.2, 0.25) is 11.8 Å². The summed E-state index contributed by atoms with van der Waals surface area (Å²) in [5.74, 6) is -0.800. The van der Waals surface area contributed by atoms with E-state index in [9.17, 15) is 14.4 Å². The van der Waals surface area contributed by atoms with E-state index in [1.54, 1.807) is 48.5 Å². The highest BCUT2D eigenvalue weighted by atomic mass is 16.2. The molecule has 2 aromatic carbocycles. The summed E-state index contributed by atoms with van der Waals surface area (Å²) in [6.07, 6.45) is 3.58. The molecular formula is C21H20N2O3. The Morgan fingerprint density at radius 3 is 2.19 bits per heavy atom. The van der Waals surface area contributed by atoms with Crippen LogP contribution in [0.5, 0.6) is 0 Å². The molecule has 0 radical (unpaired) electrons. The SMILES string of the molecule is O=C(Nc1cccc(N2C(=O)C3CCCCC3C2=O)c1)c1ccccc1. The van der Waals surface area contributed by atoms with Crippen molar-refractivity contribution in [1.82, 2.24) is 0 Å². The molecule has 0 bridgehead atoms. The molecule has 3 amide bonds. The van der Waals surface area contributed by atoms with Crippen LogP contribution in [-0.4, -0.2) is 17.7 Å². The number of hydrogen-bond acceptors (Lipinski definition) is 3. The fourth-order valence-corrected chi connectivity index (χ4v) is 3.93. The Balaban J connectivity index is 1.57. The Labute approximate surface area is 152 Å². The smallest absolute Gasteiger partial charge is 0.255 e. The molecule has 132 valence electrons. The maximum Gasteiger partial charge on any atom is 0.255 e. The van der Waals surface area contributed by atoms with Gasteiger partial charge in [-0.2, -0.15) is 0 Å². The molecule has 2 atom stereocenters. The Kier molecular flexibility index (Phi) is 4.29. The van der Waals surface area contributed by atoms with Crippen molar-refractivity contribution in [2.45, 2.75) is 25.7 Å². The van der Waals surface area contributed by atoms with E-state index in [0.29, 0.717) is 16.9 Å². The van der Waals surface area contributed by atoms with E-state index in [-0.39, 0.29) is 29.6 Å². The quantitative estimate of drug-likeness (QED) is 0.862. The summed E-state index contributed by atoms with van der Waals surface area (Å²) in [4.78, 5) is 39.1. The van der Waals surface area contributed by atoms with Crippen molar-refractivity contribution in [3.8, 4) is 0 Å². The minimum Gasteiger partial charge on any atom is -0.322 e. The molecule has 1 aliphatic heterocycles. The van der Waals surface area contributed by atoms with Crippen molar-refractivity contribution in [2.75, 3.05) is 10.2 Å². The van der Waals surface area contributed by atoms with Crippen molar-refractivity contribution in [3.63, 3.8) is 0 Å². The molecule has 2 unspecified atom stereocenters. The molecule has 1 N–H and O–H groups in total.